The third kappa shape index (κ3) is 6.93. The number of rotatable bonds is 5. The zero-order valence-electron chi connectivity index (χ0n) is 36.1. The molecule has 9 aromatic rings. The predicted molar refractivity (Wildman–Crippen MR) is 216 cm³/mol. The molecule has 0 aliphatic rings. The second kappa shape index (κ2) is 15.4. The summed E-state index contributed by atoms with van der Waals surface area (Å²) in [5.41, 5.74) is 7.92. The Labute approximate surface area is 337 Å². The number of hydrogen-bond donors (Lipinski definition) is 0. The van der Waals surface area contributed by atoms with E-state index in [1.54, 1.807) is 12.3 Å². The molecule has 6 nitrogen and oxygen atoms in total. The van der Waals surface area contributed by atoms with Crippen molar-refractivity contribution in [3.8, 4) is 33.9 Å². The maximum atomic E-state index is 7.27. The van der Waals surface area contributed by atoms with Gasteiger partial charge in [0.1, 0.15) is 11.4 Å². The Morgan fingerprint density at radius 1 is 0.667 bits per heavy atom. The Morgan fingerprint density at radius 2 is 1.44 bits per heavy atom. The van der Waals surface area contributed by atoms with Crippen LogP contribution < -0.4 is 0 Å². The third-order valence-electron chi connectivity index (χ3n) is 9.46. The maximum absolute atomic E-state index is 7.27. The van der Waals surface area contributed by atoms with Crippen LogP contribution in [-0.2, 0) is 20.1 Å². The fourth-order valence-electron chi connectivity index (χ4n) is 6.88. The molecule has 0 saturated carbocycles. The molecule has 9 rings (SSSR count). The molecule has 0 N–H and O–H groups in total. The van der Waals surface area contributed by atoms with Crippen LogP contribution in [0.2, 0.25) is 0 Å². The van der Waals surface area contributed by atoms with E-state index in [-0.39, 0.29) is 31.4 Å². The van der Waals surface area contributed by atoms with Crippen LogP contribution in [0.1, 0.15) is 70.1 Å². The summed E-state index contributed by atoms with van der Waals surface area (Å²) in [4.78, 5) is 12.9. The van der Waals surface area contributed by atoms with E-state index in [2.05, 4.69) is 133 Å². The van der Waals surface area contributed by atoms with Gasteiger partial charge in [0.25, 0.3) is 0 Å². The summed E-state index contributed by atoms with van der Waals surface area (Å²) in [6.07, 6.45) is 4.30. The SMILES string of the molecule is CC(C)c1cccc(C(C)C)c1-c1cnnc(-c2[c-]ccc3c2oc2c3ccc3ccc4ccccc4c32)n1.[2H]C([2H])([2H])c1c[c-]c(-c2cnc(C([2H])([2H])[2H])cn2)cc1.[Ir]. The van der Waals surface area contributed by atoms with Crippen LogP contribution in [0.3, 0.4) is 0 Å². The second-order valence-electron chi connectivity index (χ2n) is 13.6. The first kappa shape index (κ1) is 29.8. The minimum absolute atomic E-state index is 0. The van der Waals surface area contributed by atoms with E-state index in [9.17, 15) is 0 Å². The maximum Gasteiger partial charge on any atom is 0.129 e. The van der Waals surface area contributed by atoms with Gasteiger partial charge in [0.15, 0.2) is 0 Å². The van der Waals surface area contributed by atoms with Crippen LogP contribution in [0, 0.1) is 25.8 Å². The van der Waals surface area contributed by atoms with Gasteiger partial charge in [-0.25, -0.2) is 0 Å². The van der Waals surface area contributed by atoms with Crippen molar-refractivity contribution in [2.75, 3.05) is 0 Å². The van der Waals surface area contributed by atoms with Crippen LogP contribution in [0.25, 0.3) is 77.4 Å². The van der Waals surface area contributed by atoms with Gasteiger partial charge >= 0.3 is 0 Å². The van der Waals surface area contributed by atoms with E-state index in [4.69, 9.17) is 17.6 Å². The quantitative estimate of drug-likeness (QED) is 0.127. The van der Waals surface area contributed by atoms with Gasteiger partial charge in [0.2, 0.25) is 0 Å². The van der Waals surface area contributed by atoms with Crippen LogP contribution in [-0.4, -0.2) is 25.1 Å². The first-order valence-corrected chi connectivity index (χ1v) is 17.5. The average molecular weight is 888 g/mol. The third-order valence-corrected chi connectivity index (χ3v) is 9.46. The van der Waals surface area contributed by atoms with Gasteiger partial charge in [-0.3, -0.25) is 9.97 Å². The number of benzene rings is 6. The molecule has 0 amide bonds. The van der Waals surface area contributed by atoms with Gasteiger partial charge in [-0.15, -0.1) is 53.6 Å². The van der Waals surface area contributed by atoms with E-state index >= 15 is 0 Å². The largest absolute Gasteiger partial charge is 0.500 e. The first-order valence-electron chi connectivity index (χ1n) is 20.5. The van der Waals surface area contributed by atoms with Crippen LogP contribution >= 0.6 is 0 Å². The summed E-state index contributed by atoms with van der Waals surface area (Å²) >= 11 is 0. The van der Waals surface area contributed by atoms with E-state index in [1.807, 2.05) is 6.07 Å². The first-order chi connectivity index (χ1) is 28.2. The molecule has 0 saturated heterocycles. The topological polar surface area (TPSA) is 77.6 Å². The van der Waals surface area contributed by atoms with Crippen LogP contribution in [0.5, 0.6) is 0 Å². The van der Waals surface area contributed by atoms with Crippen molar-refractivity contribution in [1.29, 1.82) is 0 Å². The van der Waals surface area contributed by atoms with Crippen molar-refractivity contribution in [2.45, 2.75) is 53.2 Å². The molecule has 269 valence electrons. The Kier molecular flexibility index (Phi) is 8.49. The number of nitrogens with zero attached hydrogens (tertiary/aromatic N) is 5. The predicted octanol–water partition coefficient (Wildman–Crippen LogP) is 12.0. The molecule has 6 aromatic carbocycles. The molecule has 54 heavy (non-hydrogen) atoms. The van der Waals surface area contributed by atoms with Crippen LogP contribution in [0.15, 0.2) is 120 Å². The van der Waals surface area contributed by atoms with Crippen LogP contribution in [0.4, 0.5) is 0 Å². The molecule has 0 unspecified atom stereocenters. The number of hydrogen-bond acceptors (Lipinski definition) is 6. The number of aromatic nitrogens is 5. The molecule has 7 heteroatoms. The van der Waals surface area contributed by atoms with E-state index < -0.39 is 13.7 Å². The van der Waals surface area contributed by atoms with Crippen molar-refractivity contribution in [3.05, 3.63) is 150 Å². The Bertz CT molecular complexity index is 2900. The fraction of sp³-hybridized carbons (Fsp3) is 0.170. The summed E-state index contributed by atoms with van der Waals surface area (Å²) in [5.74, 6) is 1.22. The molecule has 0 aliphatic heterocycles. The molecule has 0 aliphatic carbocycles. The van der Waals surface area contributed by atoms with Crippen molar-refractivity contribution in [3.63, 3.8) is 0 Å². The molecule has 1 radical (unpaired) electrons. The molecule has 3 aromatic heterocycles. The standard InChI is InChI=1S/C35H28N3O.C12H11N2.Ir/c1-20(2)24-11-7-12-25(21(3)4)32(24)30-19-36-38-35(37-30)29-14-8-13-27-28-18-17-23-16-15-22-9-5-6-10-26(22)31(23)34(28)39-33(27)29;1-9-3-5-11(6-4-9)12-8-13-10(2)7-14-12;/h5-13,15-21H,1-4H3;3-5,7-8H,1-2H3;/q2*-1;/i;1D3,2D3;. The normalized spacial score (nSPS) is 13.4. The minimum Gasteiger partial charge on any atom is -0.500 e. The van der Waals surface area contributed by atoms with Gasteiger partial charge < -0.3 is 9.40 Å². The average Bonchev–Trinajstić information content (AvgIpc) is 3.62. The molecule has 0 atom stereocenters. The molecule has 0 spiro atoms. The van der Waals surface area contributed by atoms with Gasteiger partial charge in [0.05, 0.1) is 23.2 Å². The second-order valence-corrected chi connectivity index (χ2v) is 13.6. The van der Waals surface area contributed by atoms with E-state index in [0.717, 1.165) is 49.5 Å². The van der Waals surface area contributed by atoms with Gasteiger partial charge in [-0.05, 0) is 46.0 Å². The molecule has 0 bridgehead atoms. The van der Waals surface area contributed by atoms with E-state index in [0.29, 0.717) is 28.9 Å². The molecule has 0 fully saturated rings. The number of fused-ring (bicyclic) bond motifs is 7. The molecular formula is C47H39IrN5O-2. The Morgan fingerprint density at radius 3 is 2.17 bits per heavy atom. The summed E-state index contributed by atoms with van der Waals surface area (Å²) in [7, 11) is 0. The van der Waals surface area contributed by atoms with Crippen molar-refractivity contribution < 1.29 is 32.7 Å². The van der Waals surface area contributed by atoms with Crippen molar-refractivity contribution >= 4 is 43.5 Å². The number of furan rings is 1. The Balaban J connectivity index is 0.000000220. The monoisotopic (exact) mass is 888 g/mol. The Hall–Kier alpha value is -5.62. The summed E-state index contributed by atoms with van der Waals surface area (Å²) < 4.78 is 50.1. The number of aryl methyl sites for hydroxylation is 2. The summed E-state index contributed by atoms with van der Waals surface area (Å²) in [6, 6.07) is 38.2. The van der Waals surface area contributed by atoms with Crippen molar-refractivity contribution in [2.24, 2.45) is 0 Å². The zero-order valence-corrected chi connectivity index (χ0v) is 32.5. The minimum atomic E-state index is -2.29. The van der Waals surface area contributed by atoms with Gasteiger partial charge in [-0.2, -0.15) is 10.2 Å². The smallest absolute Gasteiger partial charge is 0.129 e. The summed E-state index contributed by atoms with van der Waals surface area (Å²) in [6.45, 7) is 4.40. The molecular weight excluding hydrogens is 843 g/mol. The fourth-order valence-corrected chi connectivity index (χ4v) is 6.88. The zero-order chi connectivity index (χ0) is 41.6. The van der Waals surface area contributed by atoms with Crippen molar-refractivity contribution in [1.82, 2.24) is 25.1 Å². The molecule has 3 heterocycles. The van der Waals surface area contributed by atoms with Gasteiger partial charge in [0, 0.05) is 62.8 Å². The van der Waals surface area contributed by atoms with E-state index in [1.165, 1.54) is 46.4 Å². The van der Waals surface area contributed by atoms with Gasteiger partial charge in [-0.1, -0.05) is 112 Å². The summed E-state index contributed by atoms with van der Waals surface area (Å²) in [5, 5.41) is 15.6.